The summed E-state index contributed by atoms with van der Waals surface area (Å²) >= 11 is 0. The largest absolute Gasteiger partial charge is 0.284 e. The van der Waals surface area contributed by atoms with Crippen molar-refractivity contribution in [3.8, 4) is 0 Å². The molecule has 0 saturated heterocycles. The van der Waals surface area contributed by atoms with Crippen LogP contribution in [0, 0.1) is 22.9 Å². The van der Waals surface area contributed by atoms with Crippen molar-refractivity contribution in [2.45, 2.75) is 13.3 Å². The van der Waals surface area contributed by atoms with Crippen molar-refractivity contribution >= 4 is 5.69 Å². The van der Waals surface area contributed by atoms with Crippen LogP contribution in [0.1, 0.15) is 17.6 Å². The fourth-order valence-electron chi connectivity index (χ4n) is 1.14. The summed E-state index contributed by atoms with van der Waals surface area (Å²) in [7, 11) is 0. The summed E-state index contributed by atoms with van der Waals surface area (Å²) in [5.74, 6) is -1.25. The Kier molecular flexibility index (Phi) is 2.73. The maximum Gasteiger partial charge on any atom is 0.284 e. The lowest BCUT2D eigenvalue weighted by Gasteiger charge is -2.04. The minimum atomic E-state index is -3.18. The molecule has 0 aliphatic carbocycles. The second-order valence-corrected chi connectivity index (χ2v) is 2.68. The first-order chi connectivity index (χ1) is 6.45. The van der Waals surface area contributed by atoms with Gasteiger partial charge in [0.25, 0.3) is 12.1 Å². The molecule has 0 spiro atoms. The zero-order valence-electron chi connectivity index (χ0n) is 7.13. The van der Waals surface area contributed by atoms with Crippen LogP contribution in [0.5, 0.6) is 0 Å². The molecule has 76 valence electrons. The van der Waals surface area contributed by atoms with Gasteiger partial charge in [-0.1, -0.05) is 0 Å². The number of aryl methyl sites for hydroxylation is 1. The number of nitro groups is 1. The van der Waals surface area contributed by atoms with Gasteiger partial charge in [0.1, 0.15) is 11.4 Å². The van der Waals surface area contributed by atoms with Gasteiger partial charge >= 0.3 is 0 Å². The molecule has 0 amide bonds. The van der Waals surface area contributed by atoms with Crippen LogP contribution in [0.3, 0.4) is 0 Å². The lowest BCUT2D eigenvalue weighted by molar-refractivity contribution is -0.387. The Hall–Kier alpha value is -1.59. The fourth-order valence-corrected chi connectivity index (χ4v) is 1.14. The van der Waals surface area contributed by atoms with Gasteiger partial charge in [0.2, 0.25) is 0 Å². The smallest absolute Gasteiger partial charge is 0.258 e. The van der Waals surface area contributed by atoms with E-state index in [-0.39, 0.29) is 5.56 Å². The van der Waals surface area contributed by atoms with E-state index in [2.05, 4.69) is 0 Å². The number of alkyl halides is 2. The van der Waals surface area contributed by atoms with Crippen molar-refractivity contribution < 1.29 is 18.1 Å². The normalized spacial score (nSPS) is 10.6. The third-order valence-electron chi connectivity index (χ3n) is 1.77. The van der Waals surface area contributed by atoms with E-state index >= 15 is 0 Å². The first-order valence-electron chi connectivity index (χ1n) is 3.66. The van der Waals surface area contributed by atoms with Crippen LogP contribution < -0.4 is 0 Å². The van der Waals surface area contributed by atoms with Gasteiger partial charge in [0, 0.05) is 5.56 Å². The monoisotopic (exact) mass is 205 g/mol. The molecule has 0 fully saturated rings. The van der Waals surface area contributed by atoms with Crippen LogP contribution >= 0.6 is 0 Å². The molecule has 0 unspecified atom stereocenters. The van der Waals surface area contributed by atoms with Crippen LogP contribution in [0.2, 0.25) is 0 Å². The summed E-state index contributed by atoms with van der Waals surface area (Å²) in [6.07, 6.45) is -3.18. The highest BCUT2D eigenvalue weighted by Crippen LogP contribution is 2.33. The van der Waals surface area contributed by atoms with E-state index in [0.717, 1.165) is 12.1 Å². The van der Waals surface area contributed by atoms with Crippen LogP contribution in [0.25, 0.3) is 0 Å². The van der Waals surface area contributed by atoms with E-state index in [1.54, 1.807) is 0 Å². The standard InChI is InChI=1S/C8H6F3NO2/c1-4-2-3-5(9)6(8(10)11)7(4)12(13)14/h2-3,8H,1H3. The Morgan fingerprint density at radius 2 is 2.00 bits per heavy atom. The highest BCUT2D eigenvalue weighted by molar-refractivity contribution is 5.48. The molecule has 0 radical (unpaired) electrons. The first-order valence-corrected chi connectivity index (χ1v) is 3.66. The molecule has 1 aromatic carbocycles. The third kappa shape index (κ3) is 1.68. The third-order valence-corrected chi connectivity index (χ3v) is 1.77. The Bertz CT molecular complexity index is 379. The number of benzene rings is 1. The lowest BCUT2D eigenvalue weighted by Crippen LogP contribution is -2.01. The summed E-state index contributed by atoms with van der Waals surface area (Å²) < 4.78 is 37.4. The van der Waals surface area contributed by atoms with Crippen molar-refractivity contribution in [3.63, 3.8) is 0 Å². The minimum Gasteiger partial charge on any atom is -0.258 e. The van der Waals surface area contributed by atoms with Gasteiger partial charge in [0.15, 0.2) is 0 Å². The summed E-state index contributed by atoms with van der Waals surface area (Å²) in [4.78, 5) is 9.40. The van der Waals surface area contributed by atoms with Gasteiger partial charge in [0.05, 0.1) is 4.92 Å². The van der Waals surface area contributed by atoms with E-state index in [1.165, 1.54) is 6.92 Å². The maximum atomic E-state index is 12.9. The van der Waals surface area contributed by atoms with Gasteiger partial charge in [-0.05, 0) is 19.1 Å². The number of halogens is 3. The molecule has 0 heterocycles. The average Bonchev–Trinajstić information content (AvgIpc) is 2.07. The molecule has 0 bridgehead atoms. The molecule has 0 aliphatic rings. The Morgan fingerprint density at radius 3 is 2.36 bits per heavy atom. The maximum absolute atomic E-state index is 12.9. The van der Waals surface area contributed by atoms with Crippen LogP contribution in [-0.4, -0.2) is 4.92 Å². The first kappa shape index (κ1) is 10.5. The molecule has 14 heavy (non-hydrogen) atoms. The van der Waals surface area contributed by atoms with Gasteiger partial charge in [-0.3, -0.25) is 10.1 Å². The number of nitrogens with zero attached hydrogens (tertiary/aromatic N) is 1. The van der Waals surface area contributed by atoms with E-state index in [1.807, 2.05) is 0 Å². The predicted octanol–water partition coefficient (Wildman–Crippen LogP) is 2.98. The second-order valence-electron chi connectivity index (χ2n) is 2.68. The number of hydrogen-bond donors (Lipinski definition) is 0. The lowest BCUT2D eigenvalue weighted by atomic mass is 10.1. The van der Waals surface area contributed by atoms with Crippen molar-refractivity contribution in [3.05, 3.63) is 39.2 Å². The molecule has 0 aromatic heterocycles. The highest BCUT2D eigenvalue weighted by Gasteiger charge is 2.27. The quantitative estimate of drug-likeness (QED) is 0.550. The number of rotatable bonds is 2. The van der Waals surface area contributed by atoms with E-state index in [9.17, 15) is 23.3 Å². The molecule has 0 saturated carbocycles. The Labute approximate surface area is 77.3 Å². The molecule has 1 aromatic rings. The summed E-state index contributed by atoms with van der Waals surface area (Å²) in [6, 6.07) is 1.89. The predicted molar refractivity (Wildman–Crippen MR) is 42.7 cm³/mol. The molecular weight excluding hydrogens is 199 g/mol. The number of hydrogen-bond acceptors (Lipinski definition) is 2. The van der Waals surface area contributed by atoms with Crippen molar-refractivity contribution in [1.82, 2.24) is 0 Å². The molecule has 6 heteroatoms. The SMILES string of the molecule is Cc1ccc(F)c(C(F)F)c1[N+](=O)[O-]. The highest BCUT2D eigenvalue weighted by atomic mass is 19.3. The Morgan fingerprint density at radius 1 is 1.43 bits per heavy atom. The molecule has 0 atom stereocenters. The summed E-state index contributed by atoms with van der Waals surface area (Å²) in [5, 5.41) is 10.4. The average molecular weight is 205 g/mol. The Balaban J connectivity index is 3.50. The van der Waals surface area contributed by atoms with Gasteiger partial charge in [-0.15, -0.1) is 0 Å². The van der Waals surface area contributed by atoms with Crippen molar-refractivity contribution in [2.24, 2.45) is 0 Å². The van der Waals surface area contributed by atoms with Crippen LogP contribution in [0.4, 0.5) is 18.9 Å². The molecule has 3 nitrogen and oxygen atoms in total. The summed E-state index contributed by atoms with van der Waals surface area (Å²) in [6.45, 7) is 1.28. The summed E-state index contributed by atoms with van der Waals surface area (Å²) in [5.41, 5.74) is -1.97. The molecular formula is C8H6F3NO2. The van der Waals surface area contributed by atoms with Crippen molar-refractivity contribution in [1.29, 1.82) is 0 Å². The topological polar surface area (TPSA) is 43.1 Å². The van der Waals surface area contributed by atoms with E-state index in [0.29, 0.717) is 0 Å². The van der Waals surface area contributed by atoms with Crippen LogP contribution in [-0.2, 0) is 0 Å². The number of nitro benzene ring substituents is 1. The van der Waals surface area contributed by atoms with Gasteiger partial charge in [-0.25, -0.2) is 13.2 Å². The molecule has 0 N–H and O–H groups in total. The zero-order chi connectivity index (χ0) is 10.9. The second kappa shape index (κ2) is 3.65. The molecule has 0 aliphatic heterocycles. The zero-order valence-corrected chi connectivity index (χ0v) is 7.13. The van der Waals surface area contributed by atoms with Gasteiger partial charge in [-0.2, -0.15) is 0 Å². The van der Waals surface area contributed by atoms with E-state index in [4.69, 9.17) is 0 Å². The molecule has 1 rings (SSSR count). The van der Waals surface area contributed by atoms with Gasteiger partial charge < -0.3 is 0 Å². The van der Waals surface area contributed by atoms with Crippen molar-refractivity contribution in [2.75, 3.05) is 0 Å². The fraction of sp³-hybridized carbons (Fsp3) is 0.250. The van der Waals surface area contributed by atoms with E-state index < -0.39 is 28.4 Å². The minimum absolute atomic E-state index is 0.0201. The van der Waals surface area contributed by atoms with Crippen LogP contribution in [0.15, 0.2) is 12.1 Å².